The first-order valence-corrected chi connectivity index (χ1v) is 8.53. The van der Waals surface area contributed by atoms with Gasteiger partial charge in [0.1, 0.15) is 0 Å². The number of benzene rings is 1. The number of rotatable bonds is 8. The summed E-state index contributed by atoms with van der Waals surface area (Å²) in [6.07, 6.45) is 0.631. The van der Waals surface area contributed by atoms with Crippen LogP contribution in [0.15, 0.2) is 21.9 Å². The summed E-state index contributed by atoms with van der Waals surface area (Å²) >= 11 is 2.91. The van der Waals surface area contributed by atoms with Gasteiger partial charge in [0, 0.05) is 32.7 Å². The highest BCUT2D eigenvalue weighted by Gasteiger charge is 2.09. The number of ether oxygens (including phenoxy) is 2. The van der Waals surface area contributed by atoms with E-state index in [0.29, 0.717) is 35.7 Å². The third-order valence-corrected chi connectivity index (χ3v) is 4.87. The standard InChI is InChI=1S/C14H20N2O4S2/c1-19-13(17)3-5-21-11-7-10(16)12(8-9(11)15)22-6-4-14(18)20-2/h7-8H,3-6,15-16H2,1-2H3. The normalized spacial score (nSPS) is 10.3. The van der Waals surface area contributed by atoms with Gasteiger partial charge < -0.3 is 20.9 Å². The molecule has 0 saturated carbocycles. The summed E-state index contributed by atoms with van der Waals surface area (Å²) in [5.41, 5.74) is 13.2. The molecule has 22 heavy (non-hydrogen) atoms. The van der Waals surface area contributed by atoms with E-state index < -0.39 is 0 Å². The Morgan fingerprint density at radius 2 is 1.27 bits per heavy atom. The fourth-order valence-electron chi connectivity index (χ4n) is 1.53. The number of nitrogens with two attached hydrogens (primary N) is 2. The summed E-state index contributed by atoms with van der Waals surface area (Å²) < 4.78 is 9.17. The molecule has 1 aromatic carbocycles. The van der Waals surface area contributed by atoms with Crippen LogP contribution in [0, 0.1) is 0 Å². The predicted molar refractivity (Wildman–Crippen MR) is 90.0 cm³/mol. The molecule has 0 saturated heterocycles. The molecule has 6 nitrogen and oxygen atoms in total. The van der Waals surface area contributed by atoms with Crippen LogP contribution >= 0.6 is 23.5 Å². The molecule has 122 valence electrons. The molecule has 0 heterocycles. The minimum absolute atomic E-state index is 0.256. The van der Waals surface area contributed by atoms with Gasteiger partial charge in [-0.15, -0.1) is 23.5 Å². The van der Waals surface area contributed by atoms with E-state index in [1.807, 2.05) is 0 Å². The van der Waals surface area contributed by atoms with Gasteiger partial charge in [-0.1, -0.05) is 0 Å². The number of hydrogen-bond acceptors (Lipinski definition) is 8. The van der Waals surface area contributed by atoms with Crippen molar-refractivity contribution in [1.82, 2.24) is 0 Å². The molecule has 0 unspecified atom stereocenters. The van der Waals surface area contributed by atoms with Crippen molar-refractivity contribution in [1.29, 1.82) is 0 Å². The Morgan fingerprint density at radius 3 is 1.59 bits per heavy atom. The van der Waals surface area contributed by atoms with Crippen molar-refractivity contribution in [2.75, 3.05) is 37.2 Å². The average Bonchev–Trinajstić information content (AvgIpc) is 2.50. The summed E-state index contributed by atoms with van der Waals surface area (Å²) in [6, 6.07) is 3.58. The minimum Gasteiger partial charge on any atom is -0.469 e. The van der Waals surface area contributed by atoms with Gasteiger partial charge in [0.2, 0.25) is 0 Å². The van der Waals surface area contributed by atoms with Gasteiger partial charge >= 0.3 is 11.9 Å². The Balaban J connectivity index is 2.59. The Labute approximate surface area is 138 Å². The molecule has 0 aliphatic carbocycles. The fraction of sp³-hybridized carbons (Fsp3) is 0.429. The lowest BCUT2D eigenvalue weighted by Gasteiger charge is -2.11. The summed E-state index contributed by atoms with van der Waals surface area (Å²) in [5.74, 6) is 0.638. The zero-order valence-electron chi connectivity index (χ0n) is 12.6. The highest BCUT2D eigenvalue weighted by Crippen LogP contribution is 2.35. The molecular formula is C14H20N2O4S2. The number of methoxy groups -OCH3 is 2. The minimum atomic E-state index is -0.256. The van der Waals surface area contributed by atoms with Crippen molar-refractivity contribution in [2.45, 2.75) is 22.6 Å². The number of carbonyl (C=O) groups excluding carboxylic acids is 2. The topological polar surface area (TPSA) is 105 Å². The zero-order chi connectivity index (χ0) is 16.5. The molecule has 8 heteroatoms. The molecule has 0 aliphatic heterocycles. The van der Waals surface area contributed by atoms with Crippen molar-refractivity contribution in [3.63, 3.8) is 0 Å². The van der Waals surface area contributed by atoms with Crippen LogP contribution in [-0.2, 0) is 19.1 Å². The Hall–Kier alpha value is -1.54. The Bertz CT molecular complexity index is 490. The molecule has 0 amide bonds. The average molecular weight is 344 g/mol. The van der Waals surface area contributed by atoms with Gasteiger partial charge in [0.15, 0.2) is 0 Å². The summed E-state index contributed by atoms with van der Waals surface area (Å²) in [4.78, 5) is 23.8. The van der Waals surface area contributed by atoms with Crippen molar-refractivity contribution in [2.24, 2.45) is 0 Å². The highest BCUT2D eigenvalue weighted by molar-refractivity contribution is 8.00. The molecule has 0 aromatic heterocycles. The summed E-state index contributed by atoms with van der Waals surface area (Å²) in [5, 5.41) is 0. The zero-order valence-corrected chi connectivity index (χ0v) is 14.2. The van der Waals surface area contributed by atoms with E-state index in [4.69, 9.17) is 11.5 Å². The first-order chi connectivity index (χ1) is 10.5. The molecule has 0 bridgehead atoms. The molecule has 1 aromatic rings. The number of hydrogen-bond donors (Lipinski definition) is 2. The van der Waals surface area contributed by atoms with Gasteiger partial charge in [0.05, 0.1) is 27.1 Å². The first-order valence-electron chi connectivity index (χ1n) is 6.56. The van der Waals surface area contributed by atoms with E-state index in [1.54, 1.807) is 12.1 Å². The van der Waals surface area contributed by atoms with Crippen LogP contribution in [-0.4, -0.2) is 37.7 Å². The number of nitrogen functional groups attached to an aromatic ring is 2. The maximum atomic E-state index is 11.1. The van der Waals surface area contributed by atoms with Crippen molar-refractivity contribution < 1.29 is 19.1 Å². The maximum Gasteiger partial charge on any atom is 0.306 e. The van der Waals surface area contributed by atoms with E-state index >= 15 is 0 Å². The number of anilines is 2. The molecule has 0 atom stereocenters. The second kappa shape index (κ2) is 9.47. The quantitative estimate of drug-likeness (QED) is 0.420. The smallest absolute Gasteiger partial charge is 0.306 e. The van der Waals surface area contributed by atoms with E-state index in [2.05, 4.69) is 9.47 Å². The van der Waals surface area contributed by atoms with Crippen LogP contribution < -0.4 is 11.5 Å². The van der Waals surface area contributed by atoms with Gasteiger partial charge in [-0.2, -0.15) is 0 Å². The summed E-state index contributed by atoms with van der Waals surface area (Å²) in [7, 11) is 2.72. The Morgan fingerprint density at radius 1 is 0.909 bits per heavy atom. The fourth-order valence-corrected chi connectivity index (χ4v) is 3.38. The largest absolute Gasteiger partial charge is 0.469 e. The van der Waals surface area contributed by atoms with E-state index in [-0.39, 0.29) is 11.9 Å². The van der Waals surface area contributed by atoms with Crippen LogP contribution in [0.4, 0.5) is 11.4 Å². The lowest BCUT2D eigenvalue weighted by Crippen LogP contribution is -2.02. The maximum absolute atomic E-state index is 11.1. The van der Waals surface area contributed by atoms with Gasteiger partial charge in [-0.25, -0.2) is 0 Å². The Kier molecular flexibility index (Phi) is 7.97. The van der Waals surface area contributed by atoms with E-state index in [1.165, 1.54) is 37.7 Å². The third-order valence-electron chi connectivity index (χ3n) is 2.73. The first kappa shape index (κ1) is 18.5. The van der Waals surface area contributed by atoms with Gasteiger partial charge in [-0.3, -0.25) is 9.59 Å². The molecule has 0 fully saturated rings. The second-order valence-electron chi connectivity index (χ2n) is 4.28. The highest BCUT2D eigenvalue weighted by atomic mass is 32.2. The number of thioether (sulfide) groups is 2. The van der Waals surface area contributed by atoms with Gasteiger partial charge in [-0.05, 0) is 12.1 Å². The van der Waals surface area contributed by atoms with Crippen LogP contribution in [0.1, 0.15) is 12.8 Å². The lowest BCUT2D eigenvalue weighted by atomic mass is 10.3. The SMILES string of the molecule is COC(=O)CCSc1cc(N)c(SCCC(=O)OC)cc1N. The number of carbonyl (C=O) groups is 2. The van der Waals surface area contributed by atoms with Crippen LogP contribution in [0.3, 0.4) is 0 Å². The third kappa shape index (κ3) is 6.07. The molecule has 1 rings (SSSR count). The molecule has 0 aliphatic rings. The van der Waals surface area contributed by atoms with Crippen molar-refractivity contribution in [3.8, 4) is 0 Å². The van der Waals surface area contributed by atoms with Crippen molar-refractivity contribution >= 4 is 46.8 Å². The lowest BCUT2D eigenvalue weighted by molar-refractivity contribution is -0.141. The summed E-state index contributed by atoms with van der Waals surface area (Å²) in [6.45, 7) is 0. The van der Waals surface area contributed by atoms with Crippen molar-refractivity contribution in [3.05, 3.63) is 12.1 Å². The van der Waals surface area contributed by atoms with E-state index in [9.17, 15) is 9.59 Å². The number of esters is 2. The van der Waals surface area contributed by atoms with Crippen LogP contribution in [0.2, 0.25) is 0 Å². The van der Waals surface area contributed by atoms with Crippen LogP contribution in [0.25, 0.3) is 0 Å². The van der Waals surface area contributed by atoms with Gasteiger partial charge in [0.25, 0.3) is 0 Å². The predicted octanol–water partition coefficient (Wildman–Crippen LogP) is 2.16. The monoisotopic (exact) mass is 344 g/mol. The van der Waals surface area contributed by atoms with E-state index in [0.717, 1.165) is 9.79 Å². The molecule has 4 N–H and O–H groups in total. The molecule has 0 spiro atoms. The molecule has 0 radical (unpaired) electrons. The second-order valence-corrected chi connectivity index (χ2v) is 6.55. The molecular weight excluding hydrogens is 324 g/mol. The van der Waals surface area contributed by atoms with Crippen LogP contribution in [0.5, 0.6) is 0 Å².